The zero-order valence-electron chi connectivity index (χ0n) is 12.6. The maximum Gasteiger partial charge on any atom is 0.123 e. The van der Waals surface area contributed by atoms with E-state index in [1.165, 1.54) is 0 Å². The lowest BCUT2D eigenvalue weighted by Crippen LogP contribution is -2.33. The Morgan fingerprint density at radius 2 is 1.89 bits per heavy atom. The van der Waals surface area contributed by atoms with Crippen LogP contribution >= 0.6 is 0 Å². The molecule has 1 atom stereocenters. The zero-order chi connectivity index (χ0) is 14.1. The monoisotopic (exact) mass is 265 g/mol. The standard InChI is InChI=1S/C16H27NO2/c1-5-7-16(12-17-11-13(2)3)19-15-9-6-8-14(10-15)18-4/h6,8-10,13,16-17H,5,7,11-12H2,1-4H3. The highest BCUT2D eigenvalue weighted by Crippen LogP contribution is 2.20. The van der Waals surface area contributed by atoms with Crippen molar-refractivity contribution in [2.75, 3.05) is 20.2 Å². The minimum absolute atomic E-state index is 0.218. The molecule has 1 unspecified atom stereocenters. The van der Waals surface area contributed by atoms with Gasteiger partial charge in [0.2, 0.25) is 0 Å². The predicted molar refractivity (Wildman–Crippen MR) is 80.0 cm³/mol. The molecular formula is C16H27NO2. The molecule has 19 heavy (non-hydrogen) atoms. The highest BCUT2D eigenvalue weighted by molar-refractivity contribution is 5.32. The molecule has 1 rings (SSSR count). The Hall–Kier alpha value is -1.22. The molecule has 0 aromatic heterocycles. The number of rotatable bonds is 9. The summed E-state index contributed by atoms with van der Waals surface area (Å²) in [7, 11) is 1.67. The van der Waals surface area contributed by atoms with Crippen LogP contribution < -0.4 is 14.8 Å². The smallest absolute Gasteiger partial charge is 0.123 e. The van der Waals surface area contributed by atoms with Gasteiger partial charge in [-0.1, -0.05) is 33.3 Å². The van der Waals surface area contributed by atoms with Gasteiger partial charge in [-0.25, -0.2) is 0 Å². The van der Waals surface area contributed by atoms with Gasteiger partial charge >= 0.3 is 0 Å². The van der Waals surface area contributed by atoms with Crippen molar-refractivity contribution in [2.45, 2.75) is 39.7 Å². The van der Waals surface area contributed by atoms with Crippen molar-refractivity contribution in [1.29, 1.82) is 0 Å². The van der Waals surface area contributed by atoms with Gasteiger partial charge < -0.3 is 14.8 Å². The van der Waals surface area contributed by atoms with Crippen LogP contribution in [0.15, 0.2) is 24.3 Å². The van der Waals surface area contributed by atoms with Crippen LogP contribution in [0.5, 0.6) is 11.5 Å². The van der Waals surface area contributed by atoms with Gasteiger partial charge in [-0.2, -0.15) is 0 Å². The summed E-state index contributed by atoms with van der Waals surface area (Å²) in [5, 5.41) is 3.46. The molecule has 0 aliphatic heterocycles. The van der Waals surface area contributed by atoms with Crippen LogP contribution in [-0.4, -0.2) is 26.3 Å². The summed E-state index contributed by atoms with van der Waals surface area (Å²) in [6, 6.07) is 7.80. The lowest BCUT2D eigenvalue weighted by molar-refractivity contribution is 0.184. The third-order valence-electron chi connectivity index (χ3n) is 2.88. The van der Waals surface area contributed by atoms with Crippen molar-refractivity contribution in [3.63, 3.8) is 0 Å². The van der Waals surface area contributed by atoms with Crippen LogP contribution in [0.2, 0.25) is 0 Å². The Morgan fingerprint density at radius 1 is 1.16 bits per heavy atom. The van der Waals surface area contributed by atoms with Crippen molar-refractivity contribution in [1.82, 2.24) is 5.32 Å². The van der Waals surface area contributed by atoms with Crippen LogP contribution in [0.3, 0.4) is 0 Å². The Bertz CT molecular complexity index is 352. The molecule has 3 heteroatoms. The van der Waals surface area contributed by atoms with Crippen molar-refractivity contribution in [3.8, 4) is 11.5 Å². The Kier molecular flexibility index (Phi) is 7.34. The van der Waals surface area contributed by atoms with Gasteiger partial charge in [0.05, 0.1) is 7.11 Å². The number of nitrogens with one attached hydrogen (secondary N) is 1. The van der Waals surface area contributed by atoms with E-state index >= 15 is 0 Å². The molecule has 0 bridgehead atoms. The molecular weight excluding hydrogens is 238 g/mol. The normalized spacial score (nSPS) is 12.5. The SMILES string of the molecule is CCCC(CNCC(C)C)Oc1cccc(OC)c1. The fourth-order valence-electron chi connectivity index (χ4n) is 1.92. The molecule has 0 amide bonds. The minimum atomic E-state index is 0.218. The van der Waals surface area contributed by atoms with Crippen molar-refractivity contribution in [2.24, 2.45) is 5.92 Å². The predicted octanol–water partition coefficient (Wildman–Crippen LogP) is 3.49. The molecule has 0 saturated carbocycles. The summed E-state index contributed by atoms with van der Waals surface area (Å²) in [6.45, 7) is 8.53. The van der Waals surface area contributed by atoms with Gasteiger partial charge in [-0.05, 0) is 31.0 Å². The lowest BCUT2D eigenvalue weighted by atomic mass is 10.2. The maximum absolute atomic E-state index is 6.04. The van der Waals surface area contributed by atoms with Gasteiger partial charge in [0, 0.05) is 12.6 Å². The number of hydrogen-bond donors (Lipinski definition) is 1. The fourth-order valence-corrected chi connectivity index (χ4v) is 1.92. The first-order chi connectivity index (χ1) is 9.15. The first-order valence-corrected chi connectivity index (χ1v) is 7.17. The fraction of sp³-hybridized carbons (Fsp3) is 0.625. The summed E-state index contributed by atoms with van der Waals surface area (Å²) in [6.07, 6.45) is 2.40. The number of hydrogen-bond acceptors (Lipinski definition) is 3. The minimum Gasteiger partial charge on any atom is -0.497 e. The van der Waals surface area contributed by atoms with Gasteiger partial charge in [-0.3, -0.25) is 0 Å². The van der Waals surface area contributed by atoms with Gasteiger partial charge in [0.15, 0.2) is 0 Å². The van der Waals surface area contributed by atoms with Crippen LogP contribution in [0, 0.1) is 5.92 Å². The number of ether oxygens (including phenoxy) is 2. The summed E-state index contributed by atoms with van der Waals surface area (Å²) in [5.74, 6) is 2.38. The Labute approximate surface area is 117 Å². The second kappa shape index (κ2) is 8.81. The van der Waals surface area contributed by atoms with Crippen LogP contribution in [-0.2, 0) is 0 Å². The molecule has 0 fully saturated rings. The molecule has 1 aromatic carbocycles. The van der Waals surface area contributed by atoms with Crippen LogP contribution in [0.1, 0.15) is 33.6 Å². The second-order valence-corrected chi connectivity index (χ2v) is 5.26. The van der Waals surface area contributed by atoms with Gasteiger partial charge in [0.1, 0.15) is 17.6 Å². The second-order valence-electron chi connectivity index (χ2n) is 5.26. The van der Waals surface area contributed by atoms with E-state index in [1.807, 2.05) is 24.3 Å². The first-order valence-electron chi connectivity index (χ1n) is 7.17. The van der Waals surface area contributed by atoms with E-state index in [9.17, 15) is 0 Å². The molecule has 0 aliphatic carbocycles. The van der Waals surface area contributed by atoms with Crippen molar-refractivity contribution < 1.29 is 9.47 Å². The third kappa shape index (κ3) is 6.48. The average Bonchev–Trinajstić information content (AvgIpc) is 2.38. The molecule has 1 aromatic rings. The zero-order valence-corrected chi connectivity index (χ0v) is 12.6. The summed E-state index contributed by atoms with van der Waals surface area (Å²) in [4.78, 5) is 0. The van der Waals surface area contributed by atoms with E-state index in [-0.39, 0.29) is 6.10 Å². The molecule has 0 saturated heterocycles. The quantitative estimate of drug-likeness (QED) is 0.741. The largest absolute Gasteiger partial charge is 0.497 e. The highest BCUT2D eigenvalue weighted by Gasteiger charge is 2.10. The van der Waals surface area contributed by atoms with Crippen molar-refractivity contribution in [3.05, 3.63) is 24.3 Å². The maximum atomic E-state index is 6.04. The molecule has 0 aliphatic rings. The average molecular weight is 265 g/mol. The van der Waals surface area contributed by atoms with Gasteiger partial charge in [0.25, 0.3) is 0 Å². The number of methoxy groups -OCH3 is 1. The molecule has 1 N–H and O–H groups in total. The topological polar surface area (TPSA) is 30.5 Å². The number of benzene rings is 1. The molecule has 3 nitrogen and oxygen atoms in total. The Balaban J connectivity index is 2.51. The van der Waals surface area contributed by atoms with E-state index < -0.39 is 0 Å². The van der Waals surface area contributed by atoms with Gasteiger partial charge in [-0.15, -0.1) is 0 Å². The lowest BCUT2D eigenvalue weighted by Gasteiger charge is -2.20. The third-order valence-corrected chi connectivity index (χ3v) is 2.88. The highest BCUT2D eigenvalue weighted by atomic mass is 16.5. The summed E-state index contributed by atoms with van der Waals surface area (Å²) >= 11 is 0. The first kappa shape index (κ1) is 15.8. The van der Waals surface area contributed by atoms with E-state index in [1.54, 1.807) is 7.11 Å². The molecule has 0 spiro atoms. The van der Waals surface area contributed by atoms with E-state index in [2.05, 4.69) is 26.1 Å². The summed E-state index contributed by atoms with van der Waals surface area (Å²) in [5.41, 5.74) is 0. The Morgan fingerprint density at radius 3 is 2.53 bits per heavy atom. The van der Waals surface area contributed by atoms with Crippen LogP contribution in [0.4, 0.5) is 0 Å². The summed E-state index contributed by atoms with van der Waals surface area (Å²) < 4.78 is 11.3. The molecule has 0 heterocycles. The van der Waals surface area contributed by atoms with Crippen molar-refractivity contribution >= 4 is 0 Å². The van der Waals surface area contributed by atoms with E-state index in [4.69, 9.17) is 9.47 Å². The van der Waals surface area contributed by atoms with E-state index in [0.29, 0.717) is 5.92 Å². The van der Waals surface area contributed by atoms with Crippen LogP contribution in [0.25, 0.3) is 0 Å². The van der Waals surface area contributed by atoms with E-state index in [0.717, 1.165) is 37.4 Å². The molecule has 108 valence electrons. The molecule has 0 radical (unpaired) electrons.